The topological polar surface area (TPSA) is 83.2 Å². The van der Waals surface area contributed by atoms with Crippen LogP contribution in [0.1, 0.15) is 19.3 Å². The molecule has 1 saturated heterocycles. The molecule has 1 aromatic heterocycles. The van der Waals surface area contributed by atoms with Crippen LogP contribution in [0.4, 0.5) is 0 Å². The maximum Gasteiger partial charge on any atom is 0.336 e. The summed E-state index contributed by atoms with van der Waals surface area (Å²) in [6, 6.07) is 8.46. The lowest BCUT2D eigenvalue weighted by molar-refractivity contribution is -0.136. The summed E-state index contributed by atoms with van der Waals surface area (Å²) in [5, 5.41) is 10.2. The van der Waals surface area contributed by atoms with Gasteiger partial charge >= 0.3 is 5.63 Å². The Balaban J connectivity index is 1.34. The summed E-state index contributed by atoms with van der Waals surface area (Å²) < 4.78 is 10.8. The molecule has 1 aliphatic heterocycles. The Morgan fingerprint density at radius 2 is 2.04 bits per heavy atom. The molecular formula is C21H26N2O5. The summed E-state index contributed by atoms with van der Waals surface area (Å²) in [5.74, 6) is 1.22. The molecule has 1 N–H and O–H groups in total. The van der Waals surface area contributed by atoms with E-state index in [4.69, 9.17) is 9.15 Å². The van der Waals surface area contributed by atoms with Gasteiger partial charge in [-0.2, -0.15) is 0 Å². The average molecular weight is 386 g/mol. The van der Waals surface area contributed by atoms with Crippen LogP contribution in [0.2, 0.25) is 0 Å². The zero-order valence-corrected chi connectivity index (χ0v) is 15.9. The lowest BCUT2D eigenvalue weighted by atomic mass is 10.1. The van der Waals surface area contributed by atoms with Gasteiger partial charge in [-0.15, -0.1) is 0 Å². The molecule has 1 aliphatic carbocycles. The Morgan fingerprint density at radius 1 is 1.21 bits per heavy atom. The number of fused-ring (bicyclic) bond motifs is 1. The number of hydrogen-bond acceptors (Lipinski definition) is 6. The van der Waals surface area contributed by atoms with Crippen LogP contribution in [0.3, 0.4) is 0 Å². The molecule has 2 fully saturated rings. The fourth-order valence-corrected chi connectivity index (χ4v) is 3.78. The van der Waals surface area contributed by atoms with Crippen LogP contribution in [0.15, 0.2) is 39.5 Å². The standard InChI is InChI=1S/C21H26N2O5/c24-10-7-17-13-23(9-8-22(17)12-15-1-2-15)20(25)14-27-18-5-3-16-4-6-21(26)28-19(16)11-18/h3-6,11,15,17,24H,1-2,7-10,12-14H2. The lowest BCUT2D eigenvalue weighted by Gasteiger charge is -2.41. The van der Waals surface area contributed by atoms with E-state index in [1.54, 1.807) is 24.3 Å². The Hall–Kier alpha value is -2.38. The van der Waals surface area contributed by atoms with Crippen LogP contribution in [0, 0.1) is 5.92 Å². The molecule has 150 valence electrons. The van der Waals surface area contributed by atoms with Gasteiger partial charge in [0.1, 0.15) is 11.3 Å². The zero-order chi connectivity index (χ0) is 19.5. The molecule has 2 heterocycles. The minimum absolute atomic E-state index is 0.0585. The Kier molecular flexibility index (Phi) is 5.64. The van der Waals surface area contributed by atoms with Gasteiger partial charge in [-0.1, -0.05) is 0 Å². The maximum absolute atomic E-state index is 12.6. The van der Waals surface area contributed by atoms with Gasteiger partial charge in [0.25, 0.3) is 5.91 Å². The average Bonchev–Trinajstić information content (AvgIpc) is 3.51. The molecule has 28 heavy (non-hydrogen) atoms. The third-order valence-electron chi connectivity index (χ3n) is 5.57. The van der Waals surface area contributed by atoms with E-state index >= 15 is 0 Å². The second-order valence-electron chi connectivity index (χ2n) is 7.69. The number of ether oxygens (including phenoxy) is 1. The number of benzene rings is 1. The summed E-state index contributed by atoms with van der Waals surface area (Å²) in [5.41, 5.74) is 0.0221. The van der Waals surface area contributed by atoms with E-state index in [1.807, 2.05) is 4.90 Å². The van der Waals surface area contributed by atoms with Gasteiger partial charge in [-0.05, 0) is 43.4 Å². The monoisotopic (exact) mass is 386 g/mol. The van der Waals surface area contributed by atoms with Crippen molar-refractivity contribution in [3.8, 4) is 5.75 Å². The Labute approximate surface area is 163 Å². The minimum atomic E-state index is -0.417. The first-order valence-electron chi connectivity index (χ1n) is 9.92. The largest absolute Gasteiger partial charge is 0.484 e. The number of amides is 1. The van der Waals surface area contributed by atoms with Gasteiger partial charge in [0, 0.05) is 56.3 Å². The van der Waals surface area contributed by atoms with Gasteiger partial charge in [0.05, 0.1) is 0 Å². The molecule has 1 saturated carbocycles. The van der Waals surface area contributed by atoms with E-state index in [0.29, 0.717) is 30.8 Å². The number of carbonyl (C=O) groups excluding carboxylic acids is 1. The number of hydrogen-bond donors (Lipinski definition) is 1. The molecule has 1 aromatic carbocycles. The molecule has 1 unspecified atom stereocenters. The van der Waals surface area contributed by atoms with Crippen LogP contribution in [-0.4, -0.2) is 66.2 Å². The molecule has 7 heteroatoms. The Bertz CT molecular complexity index is 892. The van der Waals surface area contributed by atoms with Crippen molar-refractivity contribution in [2.24, 2.45) is 5.92 Å². The second kappa shape index (κ2) is 8.32. The third-order valence-corrected chi connectivity index (χ3v) is 5.57. The molecule has 0 bridgehead atoms. The molecule has 1 atom stereocenters. The van der Waals surface area contributed by atoms with E-state index in [2.05, 4.69) is 4.90 Å². The first kappa shape index (κ1) is 19.0. The number of carbonyl (C=O) groups is 1. The SMILES string of the molecule is O=C(COc1ccc2ccc(=O)oc2c1)N1CCN(CC2CC2)C(CCO)C1. The van der Waals surface area contributed by atoms with Crippen LogP contribution in [-0.2, 0) is 4.79 Å². The fourth-order valence-electron chi connectivity index (χ4n) is 3.78. The first-order chi connectivity index (χ1) is 13.6. The molecule has 4 rings (SSSR count). The number of nitrogens with zero attached hydrogens (tertiary/aromatic N) is 2. The number of piperazine rings is 1. The van der Waals surface area contributed by atoms with Crippen molar-refractivity contribution in [1.29, 1.82) is 0 Å². The van der Waals surface area contributed by atoms with Gasteiger partial charge < -0.3 is 19.2 Å². The summed E-state index contributed by atoms with van der Waals surface area (Å²) in [6.07, 6.45) is 3.27. The third kappa shape index (κ3) is 4.54. The fraction of sp³-hybridized carbons (Fsp3) is 0.524. The van der Waals surface area contributed by atoms with Crippen molar-refractivity contribution in [3.05, 3.63) is 40.8 Å². The van der Waals surface area contributed by atoms with Crippen LogP contribution < -0.4 is 10.4 Å². The second-order valence-corrected chi connectivity index (χ2v) is 7.69. The highest BCUT2D eigenvalue weighted by Gasteiger charge is 2.33. The van der Waals surface area contributed by atoms with Crippen molar-refractivity contribution in [2.45, 2.75) is 25.3 Å². The highest BCUT2D eigenvalue weighted by atomic mass is 16.5. The van der Waals surface area contributed by atoms with Crippen molar-refractivity contribution < 1.29 is 19.1 Å². The summed E-state index contributed by atoms with van der Waals surface area (Å²) in [4.78, 5) is 28.2. The number of aliphatic hydroxyl groups is 1. The molecular weight excluding hydrogens is 360 g/mol. The lowest BCUT2D eigenvalue weighted by Crippen LogP contribution is -2.56. The van der Waals surface area contributed by atoms with Gasteiger partial charge in [-0.3, -0.25) is 9.69 Å². The maximum atomic E-state index is 12.6. The van der Waals surface area contributed by atoms with E-state index in [9.17, 15) is 14.7 Å². The van der Waals surface area contributed by atoms with Crippen molar-refractivity contribution in [3.63, 3.8) is 0 Å². The van der Waals surface area contributed by atoms with E-state index < -0.39 is 5.63 Å². The van der Waals surface area contributed by atoms with Gasteiger partial charge in [0.2, 0.25) is 0 Å². The van der Waals surface area contributed by atoms with Gasteiger partial charge in [-0.25, -0.2) is 4.79 Å². The first-order valence-corrected chi connectivity index (χ1v) is 9.92. The summed E-state index contributed by atoms with van der Waals surface area (Å²) in [7, 11) is 0. The molecule has 1 amide bonds. The van der Waals surface area contributed by atoms with Crippen molar-refractivity contribution >= 4 is 16.9 Å². The minimum Gasteiger partial charge on any atom is -0.484 e. The normalized spacial score (nSPS) is 20.5. The van der Waals surface area contributed by atoms with Crippen molar-refractivity contribution in [2.75, 3.05) is 39.4 Å². The highest BCUT2D eigenvalue weighted by Crippen LogP contribution is 2.31. The smallest absolute Gasteiger partial charge is 0.336 e. The predicted octanol–water partition coefficient (Wildman–Crippen LogP) is 1.48. The van der Waals surface area contributed by atoms with E-state index in [-0.39, 0.29) is 25.2 Å². The molecule has 0 spiro atoms. The van der Waals surface area contributed by atoms with Crippen LogP contribution in [0.25, 0.3) is 11.0 Å². The molecule has 2 aromatic rings. The van der Waals surface area contributed by atoms with Crippen LogP contribution >= 0.6 is 0 Å². The summed E-state index contributed by atoms with van der Waals surface area (Å²) >= 11 is 0. The van der Waals surface area contributed by atoms with Crippen LogP contribution in [0.5, 0.6) is 5.75 Å². The number of rotatable bonds is 7. The van der Waals surface area contributed by atoms with E-state index in [1.165, 1.54) is 18.9 Å². The molecule has 2 aliphatic rings. The molecule has 7 nitrogen and oxygen atoms in total. The van der Waals surface area contributed by atoms with E-state index in [0.717, 1.165) is 24.4 Å². The van der Waals surface area contributed by atoms with Crippen molar-refractivity contribution in [1.82, 2.24) is 9.80 Å². The number of aliphatic hydroxyl groups excluding tert-OH is 1. The zero-order valence-electron chi connectivity index (χ0n) is 15.9. The van der Waals surface area contributed by atoms with Gasteiger partial charge in [0.15, 0.2) is 6.61 Å². The predicted molar refractivity (Wildman–Crippen MR) is 104 cm³/mol. The Morgan fingerprint density at radius 3 is 2.82 bits per heavy atom. The summed E-state index contributed by atoms with van der Waals surface area (Å²) in [6.45, 7) is 3.30. The highest BCUT2D eigenvalue weighted by molar-refractivity contribution is 5.79. The molecule has 0 radical (unpaired) electrons. The quantitative estimate of drug-likeness (QED) is 0.726.